The summed E-state index contributed by atoms with van der Waals surface area (Å²) in [5, 5.41) is 6.98. The van der Waals surface area contributed by atoms with Crippen LogP contribution >= 0.6 is 11.8 Å². The van der Waals surface area contributed by atoms with E-state index in [9.17, 15) is 22.8 Å². The molecule has 1 aliphatic rings. The van der Waals surface area contributed by atoms with E-state index in [0.717, 1.165) is 22.2 Å². The number of rotatable bonds is 6. The lowest BCUT2D eigenvalue weighted by atomic mass is 10.2. The molecule has 1 heterocycles. The smallest absolute Gasteiger partial charge is 0.294 e. The monoisotopic (exact) mass is 443 g/mol. The fourth-order valence-corrected chi connectivity index (χ4v) is 3.84. The van der Waals surface area contributed by atoms with Crippen LogP contribution in [0.3, 0.4) is 0 Å². The molecule has 0 bridgehead atoms. The Hall–Kier alpha value is -3.21. The predicted octanol–water partition coefficient (Wildman–Crippen LogP) is 2.57. The van der Waals surface area contributed by atoms with Gasteiger partial charge in [-0.15, -0.1) is 0 Å². The Balaban J connectivity index is 1.61. The maximum Gasteiger partial charge on any atom is 0.294 e. The molecule has 2 aromatic carbocycles. The van der Waals surface area contributed by atoms with Crippen molar-refractivity contribution >= 4 is 50.6 Å². The molecule has 0 aromatic heterocycles. The summed E-state index contributed by atoms with van der Waals surface area (Å²) in [5.41, 5.74) is 1.25. The summed E-state index contributed by atoms with van der Waals surface area (Å²) in [4.78, 5) is 37.7. The number of allylic oxidation sites excluding steroid dienone is 2. The SMILES string of the molecule is NS(=O)(=O)c1ccc(NC(=O)CN2C(=O)S/C(=C\C=C\c3ccccc3)C2=O)cc1. The average Bonchev–Trinajstić information content (AvgIpc) is 2.96. The summed E-state index contributed by atoms with van der Waals surface area (Å²) in [6.07, 6.45) is 4.99. The van der Waals surface area contributed by atoms with Crippen molar-refractivity contribution in [3.8, 4) is 0 Å². The molecule has 3 N–H and O–H groups in total. The molecule has 1 saturated heterocycles. The Morgan fingerprint density at radius 3 is 2.37 bits per heavy atom. The van der Waals surface area contributed by atoms with Crippen LogP contribution in [0.1, 0.15) is 5.56 Å². The van der Waals surface area contributed by atoms with E-state index in [0.29, 0.717) is 5.69 Å². The molecule has 10 heteroatoms. The van der Waals surface area contributed by atoms with E-state index >= 15 is 0 Å². The lowest BCUT2D eigenvalue weighted by molar-refractivity contribution is -0.127. The van der Waals surface area contributed by atoms with Gasteiger partial charge in [-0.3, -0.25) is 19.3 Å². The number of primary sulfonamides is 1. The molecule has 8 nitrogen and oxygen atoms in total. The number of carbonyl (C=O) groups is 3. The fraction of sp³-hybridized carbons (Fsp3) is 0.0500. The van der Waals surface area contributed by atoms with Crippen molar-refractivity contribution in [1.82, 2.24) is 4.90 Å². The summed E-state index contributed by atoms with van der Waals surface area (Å²) in [5.74, 6) is -1.15. The van der Waals surface area contributed by atoms with E-state index in [1.165, 1.54) is 30.3 Å². The van der Waals surface area contributed by atoms with Crippen LogP contribution < -0.4 is 10.5 Å². The number of nitrogens with zero attached hydrogens (tertiary/aromatic N) is 1. The first-order chi connectivity index (χ1) is 14.2. The number of nitrogens with two attached hydrogens (primary N) is 1. The second-order valence-corrected chi connectivity index (χ2v) is 8.73. The summed E-state index contributed by atoms with van der Waals surface area (Å²) in [6, 6.07) is 14.7. The first-order valence-electron chi connectivity index (χ1n) is 8.64. The highest BCUT2D eigenvalue weighted by atomic mass is 32.2. The summed E-state index contributed by atoms with van der Waals surface area (Å²) >= 11 is 0.757. The largest absolute Gasteiger partial charge is 0.325 e. The number of carbonyl (C=O) groups excluding carboxylic acids is 3. The van der Waals surface area contributed by atoms with Crippen molar-refractivity contribution < 1.29 is 22.8 Å². The zero-order chi connectivity index (χ0) is 21.7. The van der Waals surface area contributed by atoms with Gasteiger partial charge in [0.25, 0.3) is 11.1 Å². The number of anilines is 1. The van der Waals surface area contributed by atoms with Crippen molar-refractivity contribution in [3.05, 3.63) is 77.2 Å². The quantitative estimate of drug-likeness (QED) is 0.661. The number of nitrogens with one attached hydrogen (secondary N) is 1. The lowest BCUT2D eigenvalue weighted by Gasteiger charge is -2.12. The van der Waals surface area contributed by atoms with Crippen molar-refractivity contribution in [2.45, 2.75) is 4.90 Å². The normalized spacial score (nSPS) is 15.9. The molecule has 0 aliphatic carbocycles. The fourth-order valence-electron chi connectivity index (χ4n) is 2.53. The van der Waals surface area contributed by atoms with Gasteiger partial charge in [-0.1, -0.05) is 42.5 Å². The highest BCUT2D eigenvalue weighted by Gasteiger charge is 2.35. The van der Waals surface area contributed by atoms with Crippen LogP contribution in [-0.4, -0.2) is 36.9 Å². The van der Waals surface area contributed by atoms with Gasteiger partial charge in [-0.05, 0) is 47.7 Å². The Kier molecular flexibility index (Phi) is 6.50. The van der Waals surface area contributed by atoms with Crippen LogP contribution in [0.4, 0.5) is 10.5 Å². The van der Waals surface area contributed by atoms with Crippen molar-refractivity contribution in [1.29, 1.82) is 0 Å². The minimum atomic E-state index is -3.84. The number of imide groups is 1. The maximum atomic E-state index is 12.4. The van der Waals surface area contributed by atoms with Crippen LogP contribution in [-0.2, 0) is 19.6 Å². The van der Waals surface area contributed by atoms with Gasteiger partial charge in [0.15, 0.2) is 0 Å². The Bertz CT molecular complexity index is 1140. The van der Waals surface area contributed by atoms with Gasteiger partial charge in [-0.25, -0.2) is 13.6 Å². The van der Waals surface area contributed by atoms with E-state index in [2.05, 4.69) is 5.32 Å². The number of amides is 3. The molecule has 0 unspecified atom stereocenters. The second-order valence-electron chi connectivity index (χ2n) is 6.18. The highest BCUT2D eigenvalue weighted by Crippen LogP contribution is 2.30. The zero-order valence-electron chi connectivity index (χ0n) is 15.5. The number of benzene rings is 2. The molecule has 0 saturated carbocycles. The number of hydrogen-bond donors (Lipinski definition) is 2. The lowest BCUT2D eigenvalue weighted by Crippen LogP contribution is -2.36. The van der Waals surface area contributed by atoms with Crippen LogP contribution in [0.25, 0.3) is 6.08 Å². The second kappa shape index (κ2) is 9.08. The summed E-state index contributed by atoms with van der Waals surface area (Å²) < 4.78 is 22.5. The molecule has 2 aromatic rings. The summed E-state index contributed by atoms with van der Waals surface area (Å²) in [6.45, 7) is -0.457. The minimum Gasteiger partial charge on any atom is -0.325 e. The van der Waals surface area contributed by atoms with E-state index in [-0.39, 0.29) is 9.80 Å². The summed E-state index contributed by atoms with van der Waals surface area (Å²) in [7, 11) is -3.84. The van der Waals surface area contributed by atoms with Gasteiger partial charge >= 0.3 is 0 Å². The Morgan fingerprint density at radius 2 is 1.73 bits per heavy atom. The standard InChI is InChI=1S/C20H17N3O5S2/c21-30(27,28)16-11-9-15(10-12-16)22-18(24)13-23-19(25)17(29-20(23)26)8-4-7-14-5-2-1-3-6-14/h1-12H,13H2,(H,22,24)(H2,21,27,28)/b7-4+,17-8-. The van der Waals surface area contributed by atoms with E-state index in [4.69, 9.17) is 5.14 Å². The molecule has 1 fully saturated rings. The molecule has 3 rings (SSSR count). The van der Waals surface area contributed by atoms with Crippen LogP contribution in [0.5, 0.6) is 0 Å². The first kappa shape index (κ1) is 21.5. The maximum absolute atomic E-state index is 12.4. The Labute approximate surface area is 177 Å². The number of hydrogen-bond acceptors (Lipinski definition) is 6. The third-order valence-electron chi connectivity index (χ3n) is 3.98. The number of thioether (sulfide) groups is 1. The molecule has 3 amide bonds. The molecular formula is C20H17N3O5S2. The molecule has 1 aliphatic heterocycles. The average molecular weight is 444 g/mol. The van der Waals surface area contributed by atoms with Crippen LogP contribution in [0, 0.1) is 0 Å². The molecule has 154 valence electrons. The molecule has 0 atom stereocenters. The molecule has 0 spiro atoms. The zero-order valence-corrected chi connectivity index (χ0v) is 17.2. The minimum absolute atomic E-state index is 0.0971. The third-order valence-corrected chi connectivity index (χ3v) is 5.83. The predicted molar refractivity (Wildman–Crippen MR) is 115 cm³/mol. The Morgan fingerprint density at radius 1 is 1.07 bits per heavy atom. The van der Waals surface area contributed by atoms with Crippen molar-refractivity contribution in [2.75, 3.05) is 11.9 Å². The topological polar surface area (TPSA) is 127 Å². The van der Waals surface area contributed by atoms with Gasteiger partial charge in [0.05, 0.1) is 9.80 Å². The van der Waals surface area contributed by atoms with Gasteiger partial charge in [-0.2, -0.15) is 0 Å². The third kappa shape index (κ3) is 5.44. The first-order valence-corrected chi connectivity index (χ1v) is 11.0. The van der Waals surface area contributed by atoms with Gasteiger partial charge in [0.1, 0.15) is 6.54 Å². The molecule has 30 heavy (non-hydrogen) atoms. The van der Waals surface area contributed by atoms with Gasteiger partial charge in [0.2, 0.25) is 15.9 Å². The highest BCUT2D eigenvalue weighted by molar-refractivity contribution is 8.18. The van der Waals surface area contributed by atoms with Gasteiger partial charge in [0, 0.05) is 5.69 Å². The van der Waals surface area contributed by atoms with E-state index in [1.54, 1.807) is 12.2 Å². The van der Waals surface area contributed by atoms with Crippen LogP contribution in [0.15, 0.2) is 76.5 Å². The van der Waals surface area contributed by atoms with Crippen LogP contribution in [0.2, 0.25) is 0 Å². The van der Waals surface area contributed by atoms with E-state index in [1.807, 2.05) is 30.3 Å². The van der Waals surface area contributed by atoms with Crippen molar-refractivity contribution in [3.63, 3.8) is 0 Å². The molecular weight excluding hydrogens is 426 g/mol. The number of sulfonamides is 1. The van der Waals surface area contributed by atoms with E-state index < -0.39 is 33.6 Å². The van der Waals surface area contributed by atoms with Crippen molar-refractivity contribution in [2.24, 2.45) is 5.14 Å². The molecule has 0 radical (unpaired) electrons. The van der Waals surface area contributed by atoms with Gasteiger partial charge < -0.3 is 5.32 Å².